The normalized spacial score (nSPS) is 25.7. The molecule has 2 unspecified atom stereocenters. The van der Waals surface area contributed by atoms with Crippen LogP contribution in [0.25, 0.3) is 0 Å². The van der Waals surface area contributed by atoms with Crippen molar-refractivity contribution in [1.29, 1.82) is 5.26 Å². The molecule has 0 aliphatic heterocycles. The van der Waals surface area contributed by atoms with Gasteiger partial charge in [0.15, 0.2) is 0 Å². The van der Waals surface area contributed by atoms with Gasteiger partial charge in [-0.05, 0) is 47.2 Å². The first-order valence-corrected chi connectivity index (χ1v) is 7.40. The molecule has 2 aromatic carbocycles. The fourth-order valence-corrected chi connectivity index (χ4v) is 4.35. The molecule has 2 heteroatoms. The third-order valence-electron chi connectivity index (χ3n) is 5.00. The van der Waals surface area contributed by atoms with Gasteiger partial charge in [0.2, 0.25) is 0 Å². The minimum absolute atomic E-state index is 0.152. The molecule has 0 fully saturated rings. The Morgan fingerprint density at radius 1 is 1.15 bits per heavy atom. The van der Waals surface area contributed by atoms with Crippen LogP contribution in [0.4, 0.5) is 0 Å². The van der Waals surface area contributed by atoms with E-state index < -0.39 is 0 Å². The summed E-state index contributed by atoms with van der Waals surface area (Å²) in [5.41, 5.74) is 5.24. The van der Waals surface area contributed by atoms with Crippen LogP contribution in [0.2, 0.25) is 5.02 Å². The molecule has 2 atom stereocenters. The first-order chi connectivity index (χ1) is 9.76. The monoisotopic (exact) mass is 279 g/mol. The molecule has 5 rings (SSSR count). The zero-order valence-corrected chi connectivity index (χ0v) is 11.8. The molecule has 0 saturated carbocycles. The largest absolute Gasteiger partial charge is 0.198 e. The molecule has 2 aromatic rings. The fourth-order valence-electron chi connectivity index (χ4n) is 4.18. The highest BCUT2D eigenvalue weighted by atomic mass is 35.5. The predicted molar refractivity (Wildman–Crippen MR) is 80.0 cm³/mol. The number of hydrogen-bond acceptors (Lipinski definition) is 1. The van der Waals surface area contributed by atoms with Crippen molar-refractivity contribution in [2.75, 3.05) is 0 Å². The number of halogens is 1. The van der Waals surface area contributed by atoms with E-state index in [0.717, 1.165) is 17.9 Å². The maximum atomic E-state index is 9.37. The summed E-state index contributed by atoms with van der Waals surface area (Å²) < 4.78 is 0. The van der Waals surface area contributed by atoms with E-state index in [2.05, 4.69) is 42.5 Å². The highest BCUT2D eigenvalue weighted by molar-refractivity contribution is 6.30. The Morgan fingerprint density at radius 2 is 1.95 bits per heavy atom. The van der Waals surface area contributed by atoms with Gasteiger partial charge in [0.05, 0.1) is 6.07 Å². The van der Waals surface area contributed by atoms with Crippen molar-refractivity contribution in [3.63, 3.8) is 0 Å². The number of nitrogens with zero attached hydrogens (tertiary/aromatic N) is 1. The lowest BCUT2D eigenvalue weighted by molar-refractivity contribution is 0.378. The summed E-state index contributed by atoms with van der Waals surface area (Å²) in [6, 6.07) is 17.2. The van der Waals surface area contributed by atoms with Crippen molar-refractivity contribution in [2.45, 2.75) is 30.6 Å². The summed E-state index contributed by atoms with van der Waals surface area (Å²) in [7, 11) is 0. The van der Waals surface area contributed by atoms with Gasteiger partial charge >= 0.3 is 0 Å². The van der Waals surface area contributed by atoms with Crippen molar-refractivity contribution in [1.82, 2.24) is 0 Å². The Kier molecular flexibility index (Phi) is 2.46. The fraction of sp³-hybridized carbons (Fsp3) is 0.278. The summed E-state index contributed by atoms with van der Waals surface area (Å²) in [4.78, 5) is 0. The summed E-state index contributed by atoms with van der Waals surface area (Å²) in [6.07, 6.45) is 2.72. The smallest absolute Gasteiger partial charge is 0.0634 e. The van der Waals surface area contributed by atoms with Gasteiger partial charge in [0.1, 0.15) is 0 Å². The van der Waals surface area contributed by atoms with Crippen LogP contribution in [0.3, 0.4) is 0 Å². The summed E-state index contributed by atoms with van der Waals surface area (Å²) >= 11 is 6.22. The van der Waals surface area contributed by atoms with E-state index in [1.54, 1.807) is 0 Å². The molecule has 0 saturated heterocycles. The van der Waals surface area contributed by atoms with Crippen LogP contribution < -0.4 is 0 Å². The van der Waals surface area contributed by atoms with Gasteiger partial charge in [-0.3, -0.25) is 0 Å². The second-order valence-electron chi connectivity index (χ2n) is 5.83. The zero-order chi connectivity index (χ0) is 13.7. The lowest BCUT2D eigenvalue weighted by Crippen LogP contribution is -2.39. The van der Waals surface area contributed by atoms with Gasteiger partial charge in [-0.2, -0.15) is 5.26 Å². The highest BCUT2D eigenvalue weighted by Gasteiger charge is 2.47. The average Bonchev–Trinajstić information content (AvgIpc) is 2.48. The van der Waals surface area contributed by atoms with Crippen LogP contribution in [-0.4, -0.2) is 0 Å². The van der Waals surface area contributed by atoms with Gasteiger partial charge in [-0.15, -0.1) is 0 Å². The van der Waals surface area contributed by atoms with Crippen molar-refractivity contribution >= 4 is 11.6 Å². The molecular weight excluding hydrogens is 266 g/mol. The number of fused-ring (bicyclic) bond motifs is 1. The van der Waals surface area contributed by atoms with E-state index in [1.165, 1.54) is 22.3 Å². The molecule has 0 aromatic heterocycles. The molecule has 0 N–H and O–H groups in total. The van der Waals surface area contributed by atoms with E-state index in [4.69, 9.17) is 11.6 Å². The first-order valence-electron chi connectivity index (χ1n) is 7.02. The lowest BCUT2D eigenvalue weighted by Gasteiger charge is -2.48. The van der Waals surface area contributed by atoms with Gasteiger partial charge < -0.3 is 0 Å². The van der Waals surface area contributed by atoms with Gasteiger partial charge in [0, 0.05) is 22.8 Å². The molecular formula is C18H14ClN. The molecule has 3 aliphatic carbocycles. The molecule has 3 aliphatic rings. The van der Waals surface area contributed by atoms with Crippen LogP contribution in [0.1, 0.15) is 47.4 Å². The Labute approximate surface area is 123 Å². The number of nitriles is 1. The van der Waals surface area contributed by atoms with Crippen LogP contribution in [0, 0.1) is 11.3 Å². The third-order valence-corrected chi connectivity index (χ3v) is 5.23. The lowest BCUT2D eigenvalue weighted by atomic mass is 9.54. The highest BCUT2D eigenvalue weighted by Crippen LogP contribution is 2.57. The van der Waals surface area contributed by atoms with Crippen LogP contribution in [0.5, 0.6) is 0 Å². The van der Waals surface area contributed by atoms with Crippen molar-refractivity contribution < 1.29 is 0 Å². The van der Waals surface area contributed by atoms with E-state index in [1.807, 2.05) is 6.07 Å². The first kappa shape index (κ1) is 12.0. The maximum absolute atomic E-state index is 9.37. The molecule has 20 heavy (non-hydrogen) atoms. The van der Waals surface area contributed by atoms with Crippen molar-refractivity contribution in [3.05, 3.63) is 69.7 Å². The van der Waals surface area contributed by atoms with Crippen LogP contribution in [0.15, 0.2) is 42.5 Å². The zero-order valence-electron chi connectivity index (χ0n) is 11.1. The maximum Gasteiger partial charge on any atom is 0.0634 e. The Bertz CT molecular complexity index is 743. The van der Waals surface area contributed by atoms with Crippen LogP contribution >= 0.6 is 11.6 Å². The third kappa shape index (κ3) is 1.38. The van der Waals surface area contributed by atoms with Crippen molar-refractivity contribution in [3.8, 4) is 6.07 Å². The minimum Gasteiger partial charge on any atom is -0.198 e. The average molecular weight is 280 g/mol. The van der Waals surface area contributed by atoms with Gasteiger partial charge in [-0.25, -0.2) is 0 Å². The van der Waals surface area contributed by atoms with E-state index >= 15 is 0 Å². The number of rotatable bonds is 1. The molecule has 98 valence electrons. The minimum atomic E-state index is -0.152. The Morgan fingerprint density at radius 3 is 2.80 bits per heavy atom. The standard InChI is InChI=1S/C18H14ClN/c19-12-5-6-15-13-7-8-18(9-10-20,17(15)11-12)16-4-2-1-3-14(13)16/h1-6,11,13H,7-9H2. The second kappa shape index (κ2) is 4.11. The SMILES string of the molecule is N#CCC12CCC(c3ccccc31)c1ccc(Cl)cc12. The van der Waals surface area contributed by atoms with E-state index in [9.17, 15) is 5.26 Å². The van der Waals surface area contributed by atoms with Gasteiger partial charge in [-0.1, -0.05) is 41.9 Å². The topological polar surface area (TPSA) is 23.8 Å². The molecule has 0 radical (unpaired) electrons. The number of hydrogen-bond donors (Lipinski definition) is 0. The summed E-state index contributed by atoms with van der Waals surface area (Å²) in [5.74, 6) is 0.471. The van der Waals surface area contributed by atoms with Gasteiger partial charge in [0.25, 0.3) is 0 Å². The summed E-state index contributed by atoms with van der Waals surface area (Å²) in [6.45, 7) is 0. The summed E-state index contributed by atoms with van der Waals surface area (Å²) in [5, 5.41) is 10.1. The molecule has 0 amide bonds. The Hall–Kier alpha value is -1.78. The van der Waals surface area contributed by atoms with E-state index in [0.29, 0.717) is 12.3 Å². The van der Waals surface area contributed by atoms with Crippen molar-refractivity contribution in [2.24, 2.45) is 0 Å². The molecule has 0 heterocycles. The molecule has 1 nitrogen and oxygen atoms in total. The second-order valence-corrected chi connectivity index (χ2v) is 6.26. The molecule has 0 spiro atoms. The quantitative estimate of drug-likeness (QED) is 0.737. The number of benzene rings is 2. The predicted octanol–water partition coefficient (Wildman–Crippen LogP) is 4.78. The Balaban J connectivity index is 2.07. The molecule has 2 bridgehead atoms. The van der Waals surface area contributed by atoms with Crippen LogP contribution in [-0.2, 0) is 5.41 Å². The van der Waals surface area contributed by atoms with E-state index in [-0.39, 0.29) is 5.41 Å².